The number of primary amides is 1. The number of carbonyl (C=O) groups excluding carboxylic acids is 1. The Hall–Kier alpha value is -2.73. The number of nitrogens with one attached hydrogen (secondary N) is 1. The summed E-state index contributed by atoms with van der Waals surface area (Å²) < 4.78 is 5.63. The van der Waals surface area contributed by atoms with Crippen molar-refractivity contribution in [2.45, 2.75) is 36.0 Å². The zero-order valence-electron chi connectivity index (χ0n) is 21.4. The van der Waals surface area contributed by atoms with E-state index in [-0.39, 0.29) is 5.91 Å². The summed E-state index contributed by atoms with van der Waals surface area (Å²) in [6.45, 7) is 11.5. The largest absolute Gasteiger partial charge is 0.378 e. The molecule has 1 amide bonds. The molecule has 0 saturated carbocycles. The number of morpholine rings is 1. The second kappa shape index (κ2) is 9.86. The van der Waals surface area contributed by atoms with Crippen LogP contribution in [-0.4, -0.2) is 105 Å². The van der Waals surface area contributed by atoms with Gasteiger partial charge < -0.3 is 20.4 Å². The number of aromatic amines is 1. The third kappa shape index (κ3) is 4.69. The first kappa shape index (κ1) is 24.6. The Balaban J connectivity index is 1.23. The van der Waals surface area contributed by atoms with Crippen molar-refractivity contribution in [2.24, 2.45) is 5.73 Å². The van der Waals surface area contributed by atoms with E-state index in [9.17, 15) is 4.79 Å². The molecule has 6 rings (SSSR count). The molecule has 3 N–H and O–H groups in total. The molecule has 37 heavy (non-hydrogen) atoms. The Morgan fingerprint density at radius 2 is 1.95 bits per heavy atom. The summed E-state index contributed by atoms with van der Waals surface area (Å²) in [5.74, 6) is 1.53. The minimum atomic E-state index is -0.610. The van der Waals surface area contributed by atoms with Gasteiger partial charge >= 0.3 is 0 Å². The molecule has 1 unspecified atom stereocenters. The molecule has 10 nitrogen and oxygen atoms in total. The van der Waals surface area contributed by atoms with E-state index in [0.717, 1.165) is 86.2 Å². The lowest BCUT2D eigenvalue weighted by molar-refractivity contribution is -0.129. The second-order valence-electron chi connectivity index (χ2n) is 10.5. The van der Waals surface area contributed by atoms with Crippen molar-refractivity contribution in [3.05, 3.63) is 30.2 Å². The zero-order chi connectivity index (χ0) is 25.6. The van der Waals surface area contributed by atoms with E-state index < -0.39 is 5.54 Å². The molecule has 11 heteroatoms. The molecule has 3 aliphatic rings. The van der Waals surface area contributed by atoms with E-state index in [0.29, 0.717) is 18.5 Å². The van der Waals surface area contributed by atoms with Gasteiger partial charge in [0.15, 0.2) is 5.82 Å². The summed E-state index contributed by atoms with van der Waals surface area (Å²) in [6.07, 6.45) is 4.64. The number of H-pyrrole nitrogens is 1. The van der Waals surface area contributed by atoms with Gasteiger partial charge in [0.1, 0.15) is 11.5 Å². The molecule has 0 spiro atoms. The van der Waals surface area contributed by atoms with Crippen LogP contribution in [0.2, 0.25) is 0 Å². The molecule has 1 atom stereocenters. The van der Waals surface area contributed by atoms with Crippen LogP contribution in [0.25, 0.3) is 22.4 Å². The molecule has 3 aromatic rings. The number of aromatic nitrogens is 4. The number of ether oxygens (including phenoxy) is 1. The number of hydrogen-bond acceptors (Lipinski definition) is 9. The standard InChI is InChI=1S/C26H34N8O2S/c1-26(2,25(27)35)34-9-7-32(8-10-34)16-17-15-20-21(37-17)24(33-11-13-36-14-12-33)31-23(30-20)19-4-6-29-22-18(19)3-5-28-22/h3-6,17H,7-16H2,1-2H3,(H2,27,35)(H,28,29). The fourth-order valence-corrected chi connectivity index (χ4v) is 6.87. The number of thioether (sulfide) groups is 1. The number of pyridine rings is 1. The first-order valence-corrected chi connectivity index (χ1v) is 13.9. The highest BCUT2D eigenvalue weighted by Gasteiger charge is 2.36. The highest BCUT2D eigenvalue weighted by Crippen LogP contribution is 2.43. The van der Waals surface area contributed by atoms with E-state index in [4.69, 9.17) is 20.4 Å². The van der Waals surface area contributed by atoms with Crippen LogP contribution in [0.3, 0.4) is 0 Å². The predicted molar refractivity (Wildman–Crippen MR) is 145 cm³/mol. The van der Waals surface area contributed by atoms with Crippen LogP contribution in [0.15, 0.2) is 29.4 Å². The number of amides is 1. The third-order valence-electron chi connectivity index (χ3n) is 7.86. The van der Waals surface area contributed by atoms with Gasteiger partial charge in [-0.25, -0.2) is 15.0 Å². The average Bonchev–Trinajstić information content (AvgIpc) is 3.55. The molecule has 0 radical (unpaired) electrons. The molecule has 0 aliphatic carbocycles. The van der Waals surface area contributed by atoms with Crippen molar-refractivity contribution in [2.75, 3.05) is 63.9 Å². The van der Waals surface area contributed by atoms with Crippen molar-refractivity contribution >= 4 is 34.5 Å². The Morgan fingerprint density at radius 1 is 1.16 bits per heavy atom. The van der Waals surface area contributed by atoms with Gasteiger partial charge in [-0.2, -0.15) is 0 Å². The van der Waals surface area contributed by atoms with Gasteiger partial charge in [-0.15, -0.1) is 11.8 Å². The van der Waals surface area contributed by atoms with Crippen LogP contribution >= 0.6 is 11.8 Å². The number of hydrogen-bond donors (Lipinski definition) is 2. The Labute approximate surface area is 221 Å². The minimum absolute atomic E-state index is 0.265. The van der Waals surface area contributed by atoms with Crippen LogP contribution < -0.4 is 10.6 Å². The number of carbonyl (C=O) groups is 1. The van der Waals surface area contributed by atoms with E-state index in [1.165, 1.54) is 4.90 Å². The average molecular weight is 523 g/mol. The highest BCUT2D eigenvalue weighted by molar-refractivity contribution is 8.00. The van der Waals surface area contributed by atoms with Gasteiger partial charge in [0.2, 0.25) is 5.91 Å². The van der Waals surface area contributed by atoms with Crippen molar-refractivity contribution in [3.8, 4) is 11.4 Å². The summed E-state index contributed by atoms with van der Waals surface area (Å²) >= 11 is 1.92. The maximum atomic E-state index is 11.9. The van der Waals surface area contributed by atoms with E-state index in [1.54, 1.807) is 0 Å². The van der Waals surface area contributed by atoms with Gasteiger partial charge in [0.25, 0.3) is 0 Å². The SMILES string of the molecule is CC(C)(C(N)=O)N1CCN(CC2Cc3nc(-c4ccnc5[nH]ccc45)nc(N4CCOCC4)c3S2)CC1. The number of fused-ring (bicyclic) bond motifs is 2. The van der Waals surface area contributed by atoms with E-state index >= 15 is 0 Å². The van der Waals surface area contributed by atoms with E-state index in [1.807, 2.05) is 50.1 Å². The Bertz CT molecular complexity index is 1300. The van der Waals surface area contributed by atoms with Crippen molar-refractivity contribution in [1.82, 2.24) is 29.7 Å². The topological polar surface area (TPSA) is 117 Å². The van der Waals surface area contributed by atoms with Gasteiger partial charge in [-0.3, -0.25) is 14.6 Å². The molecule has 3 aromatic heterocycles. The smallest absolute Gasteiger partial charge is 0.237 e. The third-order valence-corrected chi connectivity index (χ3v) is 9.17. The summed E-state index contributed by atoms with van der Waals surface area (Å²) in [6, 6.07) is 4.05. The quantitative estimate of drug-likeness (QED) is 0.499. The van der Waals surface area contributed by atoms with Crippen molar-refractivity contribution in [3.63, 3.8) is 0 Å². The normalized spacial score (nSPS) is 21.5. The minimum Gasteiger partial charge on any atom is -0.378 e. The molecule has 6 heterocycles. The molecule has 3 aliphatic heterocycles. The molecular weight excluding hydrogens is 488 g/mol. The number of anilines is 1. The van der Waals surface area contributed by atoms with Crippen molar-refractivity contribution < 1.29 is 9.53 Å². The molecule has 2 saturated heterocycles. The molecule has 2 fully saturated rings. The van der Waals surface area contributed by atoms with Gasteiger partial charge in [-0.05, 0) is 26.0 Å². The Kier molecular flexibility index (Phi) is 6.56. The summed E-state index contributed by atoms with van der Waals surface area (Å²) in [5, 5.41) is 1.45. The van der Waals surface area contributed by atoms with Gasteiger partial charge in [-0.1, -0.05) is 0 Å². The maximum absolute atomic E-state index is 11.9. The highest BCUT2D eigenvalue weighted by atomic mass is 32.2. The number of rotatable bonds is 6. The summed E-state index contributed by atoms with van der Waals surface area (Å²) in [7, 11) is 0. The van der Waals surface area contributed by atoms with Crippen LogP contribution in [0.1, 0.15) is 19.5 Å². The number of nitrogens with two attached hydrogens (primary N) is 1. The van der Waals surface area contributed by atoms with E-state index in [2.05, 4.69) is 24.7 Å². The van der Waals surface area contributed by atoms with Crippen LogP contribution in [0.5, 0.6) is 0 Å². The Morgan fingerprint density at radius 3 is 2.70 bits per heavy atom. The second-order valence-corrected chi connectivity index (χ2v) is 11.8. The molecule has 0 bridgehead atoms. The maximum Gasteiger partial charge on any atom is 0.237 e. The molecular formula is C26H34N8O2S. The van der Waals surface area contributed by atoms with Crippen LogP contribution in [0, 0.1) is 0 Å². The number of nitrogens with zero attached hydrogens (tertiary/aromatic N) is 6. The van der Waals surface area contributed by atoms with Gasteiger partial charge in [0, 0.05) is 80.8 Å². The lowest BCUT2D eigenvalue weighted by atomic mass is 10.0. The lowest BCUT2D eigenvalue weighted by Crippen LogP contribution is -2.60. The predicted octanol–water partition coefficient (Wildman–Crippen LogP) is 1.75. The fraction of sp³-hybridized carbons (Fsp3) is 0.538. The fourth-order valence-electron chi connectivity index (χ4n) is 5.47. The number of piperazine rings is 1. The monoisotopic (exact) mass is 522 g/mol. The molecule has 0 aromatic carbocycles. The van der Waals surface area contributed by atoms with Crippen molar-refractivity contribution in [1.29, 1.82) is 0 Å². The van der Waals surface area contributed by atoms with Crippen LogP contribution in [-0.2, 0) is 16.0 Å². The summed E-state index contributed by atoms with van der Waals surface area (Å²) in [4.78, 5) is 38.0. The van der Waals surface area contributed by atoms with Gasteiger partial charge in [0.05, 0.1) is 29.3 Å². The lowest BCUT2D eigenvalue weighted by Gasteiger charge is -2.42. The summed E-state index contributed by atoms with van der Waals surface area (Å²) in [5.41, 5.74) is 8.02. The molecule has 196 valence electrons. The first-order chi connectivity index (χ1) is 17.9. The zero-order valence-corrected chi connectivity index (χ0v) is 22.3. The first-order valence-electron chi connectivity index (χ1n) is 13.0. The van der Waals surface area contributed by atoms with Crippen LogP contribution in [0.4, 0.5) is 5.82 Å².